The molecule has 5 heteroatoms. The van der Waals surface area contributed by atoms with E-state index in [1.54, 1.807) is 30.2 Å². The number of rotatable bonds is 3. The van der Waals surface area contributed by atoms with Gasteiger partial charge in [0.25, 0.3) is 5.91 Å². The predicted molar refractivity (Wildman–Crippen MR) is 106 cm³/mol. The van der Waals surface area contributed by atoms with Gasteiger partial charge in [-0.25, -0.2) is 0 Å². The van der Waals surface area contributed by atoms with Crippen LogP contribution in [0.25, 0.3) is 10.8 Å². The third-order valence-electron chi connectivity index (χ3n) is 6.10. The first-order valence-corrected chi connectivity index (χ1v) is 9.39. The molecule has 0 fully saturated rings. The lowest BCUT2D eigenvalue weighted by atomic mass is 9.82. The van der Waals surface area contributed by atoms with E-state index in [9.17, 15) is 15.0 Å². The summed E-state index contributed by atoms with van der Waals surface area (Å²) in [4.78, 5) is 15.0. The van der Waals surface area contributed by atoms with E-state index < -0.39 is 5.54 Å². The van der Waals surface area contributed by atoms with Crippen LogP contribution < -0.4 is 4.74 Å². The molecule has 1 spiro atoms. The van der Waals surface area contributed by atoms with E-state index in [1.807, 2.05) is 19.1 Å². The standard InChI is InChI=1S/C23H21NO4/c1-13-10-14-6-7-17(26)21-19(14)15(11-13)12-23(21)20-16(4-3-5-18(20)28-2)22(27)24(23)8-9-25/h3-7,10-11,25-26H,8-9,12H2,1-2H3/t23-/m0/s1. The number of benzene rings is 3. The van der Waals surface area contributed by atoms with Crippen LogP contribution in [-0.4, -0.2) is 41.3 Å². The van der Waals surface area contributed by atoms with Crippen LogP contribution in [0.5, 0.6) is 11.5 Å². The minimum atomic E-state index is -0.887. The number of aromatic hydroxyl groups is 1. The van der Waals surface area contributed by atoms with Crippen molar-refractivity contribution in [1.82, 2.24) is 4.90 Å². The van der Waals surface area contributed by atoms with Crippen molar-refractivity contribution in [2.75, 3.05) is 20.3 Å². The number of β-amino-alcohol motifs (C(OH)–C–C–N with tert-alkyl or cyclic N) is 1. The molecule has 1 aliphatic carbocycles. The second-order valence-corrected chi connectivity index (χ2v) is 7.58. The van der Waals surface area contributed by atoms with Gasteiger partial charge in [-0.2, -0.15) is 0 Å². The molecule has 0 saturated carbocycles. The predicted octanol–water partition coefficient (Wildman–Crippen LogP) is 3.11. The van der Waals surface area contributed by atoms with E-state index in [0.717, 1.165) is 33.0 Å². The lowest BCUT2D eigenvalue weighted by Crippen LogP contribution is -2.46. The van der Waals surface area contributed by atoms with Crippen molar-refractivity contribution in [3.8, 4) is 11.5 Å². The van der Waals surface area contributed by atoms with Gasteiger partial charge in [0.05, 0.1) is 13.7 Å². The molecule has 1 heterocycles. The third-order valence-corrected chi connectivity index (χ3v) is 6.10. The molecule has 0 bridgehead atoms. The minimum absolute atomic E-state index is 0.149. The normalized spacial score (nSPS) is 19.7. The SMILES string of the molecule is COc1cccc2c1[C@]1(Cc3cc(C)cc4ccc(O)c1c34)N(CCO)C2=O. The van der Waals surface area contributed by atoms with Crippen LogP contribution in [0.3, 0.4) is 0 Å². The van der Waals surface area contributed by atoms with E-state index >= 15 is 0 Å². The van der Waals surface area contributed by atoms with Gasteiger partial charge in [0, 0.05) is 29.7 Å². The molecule has 1 aliphatic heterocycles. The first-order chi connectivity index (χ1) is 13.5. The van der Waals surface area contributed by atoms with Crippen molar-refractivity contribution in [2.24, 2.45) is 0 Å². The number of amides is 1. The molecular formula is C23H21NO4. The zero-order chi connectivity index (χ0) is 19.6. The molecule has 0 aromatic heterocycles. The van der Waals surface area contributed by atoms with Gasteiger partial charge in [-0.1, -0.05) is 29.8 Å². The molecule has 3 aromatic carbocycles. The second-order valence-electron chi connectivity index (χ2n) is 7.58. The zero-order valence-electron chi connectivity index (χ0n) is 15.8. The molecule has 2 aliphatic rings. The second kappa shape index (κ2) is 5.72. The maximum absolute atomic E-state index is 13.3. The highest BCUT2D eigenvalue weighted by Gasteiger charge is 2.56. The number of ether oxygens (including phenoxy) is 1. The molecule has 0 saturated heterocycles. The number of hydrogen-bond donors (Lipinski definition) is 2. The molecule has 28 heavy (non-hydrogen) atoms. The van der Waals surface area contributed by atoms with Crippen LogP contribution in [0, 0.1) is 6.92 Å². The van der Waals surface area contributed by atoms with E-state index in [2.05, 4.69) is 12.1 Å². The Balaban J connectivity index is 1.93. The number of phenols is 1. The fourth-order valence-corrected chi connectivity index (χ4v) is 5.23. The lowest BCUT2D eigenvalue weighted by molar-refractivity contribution is 0.0572. The van der Waals surface area contributed by atoms with Crippen molar-refractivity contribution in [3.05, 3.63) is 70.3 Å². The Kier molecular flexibility index (Phi) is 3.49. The fraction of sp³-hybridized carbons (Fsp3) is 0.261. The van der Waals surface area contributed by atoms with Crippen molar-refractivity contribution in [3.63, 3.8) is 0 Å². The Morgan fingerprint density at radius 1 is 1.18 bits per heavy atom. The van der Waals surface area contributed by atoms with Crippen LogP contribution in [0.2, 0.25) is 0 Å². The van der Waals surface area contributed by atoms with Crippen LogP contribution in [-0.2, 0) is 12.0 Å². The van der Waals surface area contributed by atoms with Gasteiger partial charge in [0.1, 0.15) is 17.0 Å². The largest absolute Gasteiger partial charge is 0.508 e. The highest BCUT2D eigenvalue weighted by Crippen LogP contribution is 2.58. The summed E-state index contributed by atoms with van der Waals surface area (Å²) in [7, 11) is 1.59. The third kappa shape index (κ3) is 1.92. The Morgan fingerprint density at radius 2 is 2.00 bits per heavy atom. The molecule has 0 radical (unpaired) electrons. The van der Waals surface area contributed by atoms with E-state index in [0.29, 0.717) is 17.7 Å². The van der Waals surface area contributed by atoms with Gasteiger partial charge in [0.15, 0.2) is 0 Å². The fourth-order valence-electron chi connectivity index (χ4n) is 5.23. The maximum Gasteiger partial charge on any atom is 0.255 e. The van der Waals surface area contributed by atoms with E-state index in [4.69, 9.17) is 4.74 Å². The first-order valence-electron chi connectivity index (χ1n) is 9.39. The molecule has 142 valence electrons. The number of aryl methyl sites for hydroxylation is 1. The quantitative estimate of drug-likeness (QED) is 0.738. The monoisotopic (exact) mass is 375 g/mol. The number of phenolic OH excluding ortho intramolecular Hbond substituents is 1. The van der Waals surface area contributed by atoms with Crippen LogP contribution >= 0.6 is 0 Å². The average Bonchev–Trinajstić information content (AvgIpc) is 3.14. The molecule has 5 nitrogen and oxygen atoms in total. The van der Waals surface area contributed by atoms with Crippen LogP contribution in [0.1, 0.15) is 32.6 Å². The van der Waals surface area contributed by atoms with Crippen LogP contribution in [0.15, 0.2) is 42.5 Å². The minimum Gasteiger partial charge on any atom is -0.508 e. The molecule has 3 aromatic rings. The molecule has 5 rings (SSSR count). The van der Waals surface area contributed by atoms with E-state index in [-0.39, 0.29) is 24.8 Å². The average molecular weight is 375 g/mol. The van der Waals surface area contributed by atoms with Gasteiger partial charge in [-0.15, -0.1) is 0 Å². The zero-order valence-corrected chi connectivity index (χ0v) is 15.8. The number of aliphatic hydroxyl groups excluding tert-OH is 1. The Hall–Kier alpha value is -3.05. The number of hydrogen-bond acceptors (Lipinski definition) is 4. The van der Waals surface area contributed by atoms with Gasteiger partial charge >= 0.3 is 0 Å². The topological polar surface area (TPSA) is 70.0 Å². The molecule has 1 amide bonds. The lowest BCUT2D eigenvalue weighted by Gasteiger charge is -2.37. The van der Waals surface area contributed by atoms with Gasteiger partial charge < -0.3 is 19.8 Å². The van der Waals surface area contributed by atoms with Crippen molar-refractivity contribution in [1.29, 1.82) is 0 Å². The number of aliphatic hydroxyl groups is 1. The first kappa shape index (κ1) is 17.1. The Morgan fingerprint density at radius 3 is 2.75 bits per heavy atom. The highest BCUT2D eigenvalue weighted by atomic mass is 16.5. The van der Waals surface area contributed by atoms with Crippen molar-refractivity contribution in [2.45, 2.75) is 18.9 Å². The number of carbonyl (C=O) groups excluding carboxylic acids is 1. The van der Waals surface area contributed by atoms with Crippen molar-refractivity contribution >= 4 is 16.7 Å². The molecule has 1 atom stereocenters. The summed E-state index contributed by atoms with van der Waals surface area (Å²) >= 11 is 0. The Bertz CT molecular complexity index is 1150. The molecular weight excluding hydrogens is 354 g/mol. The maximum atomic E-state index is 13.3. The van der Waals surface area contributed by atoms with Gasteiger partial charge in [0.2, 0.25) is 0 Å². The summed E-state index contributed by atoms with van der Waals surface area (Å²) in [5.74, 6) is 0.626. The number of methoxy groups -OCH3 is 1. The molecule has 0 unspecified atom stereocenters. The number of nitrogens with zero attached hydrogens (tertiary/aromatic N) is 1. The van der Waals surface area contributed by atoms with Gasteiger partial charge in [-0.3, -0.25) is 4.79 Å². The number of carbonyl (C=O) groups is 1. The smallest absolute Gasteiger partial charge is 0.255 e. The molecule has 2 N–H and O–H groups in total. The van der Waals surface area contributed by atoms with Gasteiger partial charge in [-0.05, 0) is 41.5 Å². The Labute approximate surface area is 162 Å². The van der Waals surface area contributed by atoms with E-state index in [1.165, 1.54) is 0 Å². The van der Waals surface area contributed by atoms with Crippen molar-refractivity contribution < 1.29 is 19.7 Å². The summed E-state index contributed by atoms with van der Waals surface area (Å²) in [5, 5.41) is 22.7. The summed E-state index contributed by atoms with van der Waals surface area (Å²) < 4.78 is 5.65. The highest BCUT2D eigenvalue weighted by molar-refractivity contribution is 6.05. The summed E-state index contributed by atoms with van der Waals surface area (Å²) in [6, 6.07) is 13.3. The summed E-state index contributed by atoms with van der Waals surface area (Å²) in [5.41, 5.74) is 3.40. The number of fused-ring (bicyclic) bond motifs is 3. The summed E-state index contributed by atoms with van der Waals surface area (Å²) in [6.07, 6.45) is 0.539. The van der Waals surface area contributed by atoms with Crippen LogP contribution in [0.4, 0.5) is 0 Å². The summed E-state index contributed by atoms with van der Waals surface area (Å²) in [6.45, 7) is 2.07.